The van der Waals surface area contributed by atoms with Gasteiger partial charge in [-0.15, -0.1) is 0 Å². The number of carbonyl (C=O) groups is 1. The summed E-state index contributed by atoms with van der Waals surface area (Å²) >= 11 is 0. The Morgan fingerprint density at radius 1 is 0.763 bits per heavy atom. The van der Waals surface area contributed by atoms with Crippen molar-refractivity contribution in [3.8, 4) is 5.75 Å². The normalized spacial score (nSPS) is 13.2. The van der Waals surface area contributed by atoms with Crippen LogP contribution in [0.25, 0.3) is 0 Å². The molecule has 2 unspecified atom stereocenters. The Morgan fingerprint density at radius 3 is 2.00 bits per heavy atom. The lowest BCUT2D eigenvalue weighted by atomic mass is 10.0. The second-order valence-electron chi connectivity index (χ2n) is 11.3. The van der Waals surface area contributed by atoms with Crippen LogP contribution in [0.4, 0.5) is 0 Å². The number of benzene rings is 2. The predicted molar refractivity (Wildman–Crippen MR) is 159 cm³/mol. The fourth-order valence-electron chi connectivity index (χ4n) is 5.25. The van der Waals surface area contributed by atoms with Crippen LogP contribution in [0.1, 0.15) is 103 Å². The minimum Gasteiger partial charge on any atom is -0.487 e. The van der Waals surface area contributed by atoms with E-state index in [-0.39, 0.29) is 24.7 Å². The van der Waals surface area contributed by atoms with E-state index < -0.39 is 0 Å². The first-order valence-corrected chi connectivity index (χ1v) is 15.2. The molecule has 0 aromatic heterocycles. The van der Waals surface area contributed by atoms with Crippen molar-refractivity contribution < 1.29 is 18.8 Å². The molecule has 0 aliphatic rings. The number of quaternary nitrogens is 1. The molecule has 0 aliphatic heterocycles. The van der Waals surface area contributed by atoms with Crippen molar-refractivity contribution in [3.63, 3.8) is 0 Å². The Bertz CT molecular complexity index is 896. The highest BCUT2D eigenvalue weighted by Crippen LogP contribution is 2.24. The molecule has 0 fully saturated rings. The summed E-state index contributed by atoms with van der Waals surface area (Å²) in [4.78, 5) is 13.2. The van der Waals surface area contributed by atoms with Gasteiger partial charge in [-0.3, -0.25) is 0 Å². The molecule has 0 N–H and O–H groups in total. The van der Waals surface area contributed by atoms with E-state index in [9.17, 15) is 4.79 Å². The average Bonchev–Trinajstić information content (AvgIpc) is 2.91. The second kappa shape index (κ2) is 18.0. The van der Waals surface area contributed by atoms with E-state index in [1.807, 2.05) is 24.3 Å². The van der Waals surface area contributed by atoms with Crippen LogP contribution in [0.15, 0.2) is 54.6 Å². The lowest BCUT2D eigenvalue weighted by Crippen LogP contribution is -2.52. The van der Waals surface area contributed by atoms with Gasteiger partial charge in [0.25, 0.3) is 0 Å². The van der Waals surface area contributed by atoms with Crippen molar-refractivity contribution >= 4 is 5.97 Å². The van der Waals surface area contributed by atoms with Gasteiger partial charge in [0.1, 0.15) is 25.0 Å². The zero-order valence-electron chi connectivity index (χ0n) is 24.9. The first kappa shape index (κ1) is 31.9. The molecule has 2 atom stereocenters. The predicted octanol–water partition coefficient (Wildman–Crippen LogP) is 8.52. The fourth-order valence-corrected chi connectivity index (χ4v) is 5.25. The van der Waals surface area contributed by atoms with Crippen LogP contribution >= 0.6 is 0 Å². The SMILES string of the molecule is CCCCCCCCCCCc1ccccc1OC(CC)COC(=O)C(CC)[N+](C)(C)Cc1ccccc1. The molecular formula is C34H54NO3+. The topological polar surface area (TPSA) is 35.5 Å². The van der Waals surface area contributed by atoms with E-state index in [0.29, 0.717) is 4.48 Å². The van der Waals surface area contributed by atoms with Gasteiger partial charge in [0.05, 0.1) is 14.1 Å². The summed E-state index contributed by atoms with van der Waals surface area (Å²) in [5.74, 6) is 0.792. The smallest absolute Gasteiger partial charge is 0.365 e. The molecule has 212 valence electrons. The van der Waals surface area contributed by atoms with Gasteiger partial charge in [-0.25, -0.2) is 4.79 Å². The molecule has 4 nitrogen and oxygen atoms in total. The number of rotatable bonds is 20. The summed E-state index contributed by atoms with van der Waals surface area (Å²) < 4.78 is 12.8. The van der Waals surface area contributed by atoms with Crippen molar-refractivity contribution in [2.45, 2.75) is 117 Å². The van der Waals surface area contributed by atoms with Gasteiger partial charge >= 0.3 is 5.97 Å². The van der Waals surface area contributed by atoms with Crippen LogP contribution in [0.2, 0.25) is 0 Å². The lowest BCUT2D eigenvalue weighted by Gasteiger charge is -2.36. The van der Waals surface area contributed by atoms with E-state index >= 15 is 0 Å². The molecule has 2 aromatic rings. The summed E-state index contributed by atoms with van der Waals surface area (Å²) in [6.45, 7) is 7.49. The number of ether oxygens (including phenoxy) is 2. The Kier molecular flexibility index (Phi) is 15.1. The zero-order valence-corrected chi connectivity index (χ0v) is 24.9. The zero-order chi connectivity index (χ0) is 27.6. The highest BCUT2D eigenvalue weighted by Gasteiger charge is 2.35. The van der Waals surface area contributed by atoms with E-state index in [1.54, 1.807) is 0 Å². The summed E-state index contributed by atoms with van der Waals surface area (Å²) in [7, 11) is 4.22. The first-order valence-electron chi connectivity index (χ1n) is 15.2. The van der Waals surface area contributed by atoms with Gasteiger partial charge in [0.15, 0.2) is 6.04 Å². The molecule has 2 aromatic carbocycles. The molecule has 0 aliphatic carbocycles. The maximum Gasteiger partial charge on any atom is 0.365 e. The second-order valence-corrected chi connectivity index (χ2v) is 11.3. The summed E-state index contributed by atoms with van der Waals surface area (Å²) in [5, 5.41) is 0. The van der Waals surface area contributed by atoms with Crippen LogP contribution in [-0.4, -0.2) is 43.3 Å². The Labute approximate surface area is 233 Å². The molecule has 0 radical (unpaired) electrons. The molecule has 0 spiro atoms. The van der Waals surface area contributed by atoms with E-state index in [0.717, 1.165) is 31.6 Å². The van der Waals surface area contributed by atoms with Crippen LogP contribution in [0.3, 0.4) is 0 Å². The van der Waals surface area contributed by atoms with Gasteiger partial charge < -0.3 is 14.0 Å². The minimum atomic E-state index is -0.216. The number of aryl methyl sites for hydroxylation is 1. The maximum absolute atomic E-state index is 13.2. The number of hydrogen-bond acceptors (Lipinski definition) is 3. The summed E-state index contributed by atoms with van der Waals surface area (Å²) in [6.07, 6.45) is 14.4. The molecule has 0 heterocycles. The van der Waals surface area contributed by atoms with Crippen LogP contribution < -0.4 is 4.74 Å². The molecule has 2 rings (SSSR count). The number of carbonyl (C=O) groups excluding carboxylic acids is 1. The fraction of sp³-hybridized carbons (Fsp3) is 0.618. The van der Waals surface area contributed by atoms with E-state index in [2.05, 4.69) is 65.2 Å². The van der Waals surface area contributed by atoms with Crippen LogP contribution in [-0.2, 0) is 22.5 Å². The van der Waals surface area contributed by atoms with Gasteiger partial charge in [0.2, 0.25) is 0 Å². The number of hydrogen-bond donors (Lipinski definition) is 0. The van der Waals surface area contributed by atoms with Gasteiger partial charge in [0, 0.05) is 12.0 Å². The average molecular weight is 525 g/mol. The first-order chi connectivity index (χ1) is 18.4. The van der Waals surface area contributed by atoms with Gasteiger partial charge in [-0.05, 0) is 30.9 Å². The third kappa shape index (κ3) is 11.6. The maximum atomic E-state index is 13.2. The van der Waals surface area contributed by atoms with Crippen LogP contribution in [0.5, 0.6) is 5.75 Å². The molecule has 0 saturated carbocycles. The third-order valence-electron chi connectivity index (χ3n) is 7.62. The quantitative estimate of drug-likeness (QED) is 0.0989. The Balaban J connectivity index is 1.83. The lowest BCUT2D eigenvalue weighted by molar-refractivity contribution is -0.919. The summed E-state index contributed by atoms with van der Waals surface area (Å²) in [6, 6.07) is 18.5. The van der Waals surface area contributed by atoms with Crippen molar-refractivity contribution in [2.24, 2.45) is 0 Å². The Morgan fingerprint density at radius 2 is 1.37 bits per heavy atom. The van der Waals surface area contributed by atoms with Gasteiger partial charge in [-0.1, -0.05) is 121 Å². The highest BCUT2D eigenvalue weighted by molar-refractivity contribution is 5.74. The molecule has 0 amide bonds. The number of para-hydroxylation sites is 1. The largest absolute Gasteiger partial charge is 0.487 e. The monoisotopic (exact) mass is 524 g/mol. The van der Waals surface area contributed by atoms with Gasteiger partial charge in [-0.2, -0.15) is 0 Å². The molecular weight excluding hydrogens is 470 g/mol. The number of unbranched alkanes of at least 4 members (excludes halogenated alkanes) is 8. The number of esters is 1. The van der Waals surface area contributed by atoms with E-state index in [1.165, 1.54) is 68.9 Å². The molecule has 0 saturated heterocycles. The highest BCUT2D eigenvalue weighted by atomic mass is 16.6. The number of nitrogens with zero attached hydrogens (tertiary/aromatic N) is 1. The minimum absolute atomic E-state index is 0.140. The van der Waals surface area contributed by atoms with Crippen molar-refractivity contribution in [1.82, 2.24) is 0 Å². The van der Waals surface area contributed by atoms with Crippen molar-refractivity contribution in [2.75, 3.05) is 20.7 Å². The Hall–Kier alpha value is -2.33. The number of likely N-dealkylation sites (N-methyl/N-ethyl adjacent to an activating group) is 1. The van der Waals surface area contributed by atoms with E-state index in [4.69, 9.17) is 9.47 Å². The van der Waals surface area contributed by atoms with Crippen molar-refractivity contribution in [3.05, 3.63) is 65.7 Å². The van der Waals surface area contributed by atoms with Crippen molar-refractivity contribution in [1.29, 1.82) is 0 Å². The van der Waals surface area contributed by atoms with Crippen LogP contribution in [0, 0.1) is 0 Å². The molecule has 4 heteroatoms. The third-order valence-corrected chi connectivity index (χ3v) is 7.62. The molecule has 0 bridgehead atoms. The summed E-state index contributed by atoms with van der Waals surface area (Å²) in [5.41, 5.74) is 2.48. The standard InChI is InChI=1S/C34H54NO3/c1-6-9-10-11-12-13-14-15-19-24-30-25-20-21-26-33(30)38-31(7-2)28-37-34(36)32(8-3)35(4,5)27-29-22-17-16-18-23-29/h16-18,20-23,25-26,31-32H,6-15,19,24,27-28H2,1-5H3/q+1. The molecule has 38 heavy (non-hydrogen) atoms.